The van der Waals surface area contributed by atoms with Gasteiger partial charge in [0.1, 0.15) is 24.4 Å². The Bertz CT molecular complexity index is 1310. The number of nitrogens with zero attached hydrogens (tertiary/aromatic N) is 1. The summed E-state index contributed by atoms with van der Waals surface area (Å²) < 4.78 is 47.8. The predicted octanol–water partition coefficient (Wildman–Crippen LogP) is 2.56. The number of halogens is 5. The van der Waals surface area contributed by atoms with Gasteiger partial charge >= 0.3 is 12.1 Å². The van der Waals surface area contributed by atoms with E-state index in [4.69, 9.17) is 32.8 Å². The molecule has 1 fully saturated rings. The van der Waals surface area contributed by atoms with E-state index in [1.54, 1.807) is 0 Å². The molecule has 1 aliphatic rings. The Morgan fingerprint density at radius 1 is 1.06 bits per heavy atom. The number of carbonyl (C=O) groups is 1. The maximum Gasteiger partial charge on any atom is 0.417 e. The number of carboxylic acids is 1. The zero-order valence-corrected chi connectivity index (χ0v) is 19.4. The number of aromatic nitrogens is 1. The molecule has 5 atom stereocenters. The van der Waals surface area contributed by atoms with E-state index >= 15 is 0 Å². The molecular formula is C22H18Cl2F3NO8. The lowest BCUT2D eigenvalue weighted by Crippen LogP contribution is -2.61. The van der Waals surface area contributed by atoms with Gasteiger partial charge in [-0.1, -0.05) is 29.3 Å². The van der Waals surface area contributed by atoms with Crippen LogP contribution < -0.4 is 4.84 Å². The van der Waals surface area contributed by atoms with Crippen LogP contribution in [0.2, 0.25) is 10.0 Å². The molecular weight excluding hydrogens is 534 g/mol. The second-order valence-electron chi connectivity index (χ2n) is 8.01. The number of hydrogen-bond acceptors (Lipinski definition) is 7. The third-order valence-electron chi connectivity index (χ3n) is 5.70. The summed E-state index contributed by atoms with van der Waals surface area (Å²) in [4.78, 5) is 17.3. The molecule has 0 spiro atoms. The molecule has 14 heteroatoms. The van der Waals surface area contributed by atoms with E-state index in [0.717, 1.165) is 12.1 Å². The first-order valence-electron chi connectivity index (χ1n) is 10.3. The normalized spacial score (nSPS) is 24.8. The first kappa shape index (κ1) is 26.5. The molecule has 3 aromatic rings. The molecule has 1 aliphatic heterocycles. The number of hydrogen-bond donors (Lipinski definition) is 5. The van der Waals surface area contributed by atoms with Crippen LogP contribution in [-0.4, -0.2) is 73.5 Å². The molecule has 194 valence electrons. The molecule has 1 saturated heterocycles. The Balaban J connectivity index is 1.93. The minimum atomic E-state index is -4.92. The van der Waals surface area contributed by atoms with Crippen molar-refractivity contribution < 1.29 is 53.1 Å². The van der Waals surface area contributed by atoms with Crippen LogP contribution in [0.15, 0.2) is 36.4 Å². The van der Waals surface area contributed by atoms with E-state index in [1.165, 1.54) is 24.3 Å². The van der Waals surface area contributed by atoms with Crippen molar-refractivity contribution in [3.63, 3.8) is 0 Å². The Morgan fingerprint density at radius 2 is 1.75 bits per heavy atom. The molecule has 0 aliphatic carbocycles. The molecule has 0 saturated carbocycles. The molecule has 0 radical (unpaired) electrons. The quantitative estimate of drug-likeness (QED) is 0.325. The van der Waals surface area contributed by atoms with Crippen LogP contribution in [0.25, 0.3) is 22.0 Å². The number of benzene rings is 2. The fourth-order valence-corrected chi connectivity index (χ4v) is 4.43. The van der Waals surface area contributed by atoms with Gasteiger partial charge in [-0.25, -0.2) is 4.79 Å². The van der Waals surface area contributed by atoms with Crippen molar-refractivity contribution in [2.24, 2.45) is 0 Å². The molecule has 2 heterocycles. The van der Waals surface area contributed by atoms with E-state index in [-0.39, 0.29) is 26.7 Å². The average Bonchev–Trinajstić information content (AvgIpc) is 3.16. The summed E-state index contributed by atoms with van der Waals surface area (Å²) in [6.07, 6.45) is -13.7. The second-order valence-corrected chi connectivity index (χ2v) is 8.85. The minimum absolute atomic E-state index is 0.0291. The van der Waals surface area contributed by atoms with Crippen LogP contribution in [0.4, 0.5) is 13.2 Å². The van der Waals surface area contributed by atoms with Crippen LogP contribution in [0.5, 0.6) is 0 Å². The van der Waals surface area contributed by atoms with Crippen LogP contribution in [-0.2, 0) is 10.9 Å². The number of carboxylic acid groups (broad SMARTS) is 1. The highest BCUT2D eigenvalue weighted by Gasteiger charge is 2.46. The van der Waals surface area contributed by atoms with Gasteiger partial charge in [-0.3, -0.25) is 0 Å². The smallest absolute Gasteiger partial charge is 0.417 e. The molecule has 2 aromatic carbocycles. The van der Waals surface area contributed by atoms with Crippen LogP contribution in [0.1, 0.15) is 16.1 Å². The average molecular weight is 552 g/mol. The number of aromatic carboxylic acids is 1. The summed E-state index contributed by atoms with van der Waals surface area (Å²) in [7, 11) is 0. The van der Waals surface area contributed by atoms with Crippen LogP contribution in [0.3, 0.4) is 0 Å². The zero-order valence-electron chi connectivity index (χ0n) is 17.9. The van der Waals surface area contributed by atoms with Crippen molar-refractivity contribution in [3.05, 3.63) is 57.7 Å². The fourth-order valence-electron chi connectivity index (χ4n) is 3.92. The summed E-state index contributed by atoms with van der Waals surface area (Å²) in [6, 6.07) is 6.83. The van der Waals surface area contributed by atoms with E-state index in [0.29, 0.717) is 4.73 Å². The summed E-state index contributed by atoms with van der Waals surface area (Å²) in [5.74, 6) is -1.67. The second kappa shape index (κ2) is 9.71. The third kappa shape index (κ3) is 4.73. The summed E-state index contributed by atoms with van der Waals surface area (Å²) >= 11 is 12.1. The van der Waals surface area contributed by atoms with Gasteiger partial charge in [0.25, 0.3) is 6.29 Å². The highest BCUT2D eigenvalue weighted by atomic mass is 35.5. The molecule has 0 amide bonds. The Hall–Kier alpha value is -2.58. The SMILES string of the molecule is O=C(O)c1cc2c(C(F)(F)F)cc(-c3ccc(Cl)cc3Cl)cc2n1O[C@@H]1O[C@H](CO)[C@@H](O)[C@H](O)[C@H]1O. The van der Waals surface area contributed by atoms with Gasteiger partial charge in [0.2, 0.25) is 0 Å². The van der Waals surface area contributed by atoms with Crippen molar-refractivity contribution in [2.45, 2.75) is 36.9 Å². The van der Waals surface area contributed by atoms with Crippen LogP contribution >= 0.6 is 23.2 Å². The van der Waals surface area contributed by atoms with Gasteiger partial charge in [0.15, 0.2) is 5.69 Å². The van der Waals surface area contributed by atoms with Crippen molar-refractivity contribution in [2.75, 3.05) is 6.61 Å². The van der Waals surface area contributed by atoms with Gasteiger partial charge < -0.3 is 35.1 Å². The van der Waals surface area contributed by atoms with Gasteiger partial charge in [-0.05, 0) is 35.9 Å². The van der Waals surface area contributed by atoms with Crippen molar-refractivity contribution in [1.29, 1.82) is 0 Å². The predicted molar refractivity (Wildman–Crippen MR) is 120 cm³/mol. The van der Waals surface area contributed by atoms with Gasteiger partial charge in [-0.15, -0.1) is 0 Å². The molecule has 0 unspecified atom stereocenters. The van der Waals surface area contributed by atoms with Gasteiger partial charge in [0, 0.05) is 21.0 Å². The van der Waals surface area contributed by atoms with Crippen LogP contribution in [0, 0.1) is 0 Å². The maximum absolute atomic E-state index is 14.0. The molecule has 36 heavy (non-hydrogen) atoms. The number of fused-ring (bicyclic) bond motifs is 1. The number of alkyl halides is 3. The topological polar surface area (TPSA) is 142 Å². The Labute approximate surface area is 210 Å². The first-order chi connectivity index (χ1) is 16.8. The van der Waals surface area contributed by atoms with Gasteiger partial charge in [-0.2, -0.15) is 17.9 Å². The van der Waals surface area contributed by atoms with E-state index < -0.39 is 66.1 Å². The lowest BCUT2D eigenvalue weighted by atomic mass is 9.99. The number of ether oxygens (including phenoxy) is 1. The Kier molecular flexibility index (Phi) is 7.14. The number of rotatable bonds is 5. The standard InChI is InChI=1S/C22H18Cl2F3NO8/c23-9-1-2-10(13(24)5-9)8-3-12(22(25,26)27)11-6-15(20(33)34)28(14(11)4-8)36-21-19(32)18(31)17(30)16(7-29)35-21/h1-6,16-19,21,29-32H,7H2,(H,33,34)/t16-,17-,18+,19-,21+/m1/s1. The monoisotopic (exact) mass is 551 g/mol. The number of aliphatic hydroxyl groups is 4. The Morgan fingerprint density at radius 3 is 2.33 bits per heavy atom. The highest BCUT2D eigenvalue weighted by molar-refractivity contribution is 6.36. The van der Waals surface area contributed by atoms with Crippen molar-refractivity contribution in [1.82, 2.24) is 4.73 Å². The van der Waals surface area contributed by atoms with E-state index in [1.807, 2.05) is 0 Å². The summed E-state index contributed by atoms with van der Waals surface area (Å²) in [5, 5.41) is 49.0. The zero-order chi connectivity index (χ0) is 26.5. The highest BCUT2D eigenvalue weighted by Crippen LogP contribution is 2.41. The largest absolute Gasteiger partial charge is 0.476 e. The third-order valence-corrected chi connectivity index (χ3v) is 6.25. The van der Waals surface area contributed by atoms with Gasteiger partial charge in [0.05, 0.1) is 17.7 Å². The lowest BCUT2D eigenvalue weighted by Gasteiger charge is -2.39. The summed E-state index contributed by atoms with van der Waals surface area (Å²) in [5.41, 5.74) is -2.22. The molecule has 4 rings (SSSR count). The molecule has 9 nitrogen and oxygen atoms in total. The molecule has 5 N–H and O–H groups in total. The van der Waals surface area contributed by atoms with E-state index in [9.17, 15) is 43.5 Å². The van der Waals surface area contributed by atoms with Crippen molar-refractivity contribution >= 4 is 40.1 Å². The fraction of sp³-hybridized carbons (Fsp3) is 0.318. The van der Waals surface area contributed by atoms with Crippen molar-refractivity contribution in [3.8, 4) is 11.1 Å². The molecule has 1 aromatic heterocycles. The van der Waals surface area contributed by atoms with E-state index in [2.05, 4.69) is 0 Å². The minimum Gasteiger partial charge on any atom is -0.476 e. The first-order valence-corrected chi connectivity index (χ1v) is 11.0. The number of aliphatic hydroxyl groups excluding tert-OH is 4. The molecule has 0 bridgehead atoms. The lowest BCUT2D eigenvalue weighted by molar-refractivity contribution is -0.299. The summed E-state index contributed by atoms with van der Waals surface area (Å²) in [6.45, 7) is -0.805. The maximum atomic E-state index is 14.0.